The van der Waals surface area contributed by atoms with Gasteiger partial charge in [0.2, 0.25) is 0 Å². The van der Waals surface area contributed by atoms with Crippen LogP contribution < -0.4 is 17.1 Å². The lowest BCUT2D eigenvalue weighted by Crippen LogP contribution is -2.57. The van der Waals surface area contributed by atoms with Crippen molar-refractivity contribution >= 4 is 0 Å². The van der Waals surface area contributed by atoms with Crippen LogP contribution in [0.3, 0.4) is 0 Å². The van der Waals surface area contributed by atoms with Gasteiger partial charge in [0.05, 0.1) is 57.8 Å². The zero-order chi connectivity index (χ0) is 17.1. The zero-order valence-electron chi connectivity index (χ0n) is 12.2. The summed E-state index contributed by atoms with van der Waals surface area (Å²) in [6.45, 7) is -2.04. The highest BCUT2D eigenvalue weighted by Crippen LogP contribution is 2.09. The Morgan fingerprint density at radius 1 is 0.913 bits per heavy atom. The summed E-state index contributed by atoms with van der Waals surface area (Å²) >= 11 is 0. The van der Waals surface area contributed by atoms with Crippen molar-refractivity contribution in [1.29, 1.82) is 0 Å². The van der Waals surface area contributed by atoms with E-state index in [0.29, 0.717) is 15.7 Å². The van der Waals surface area contributed by atoms with E-state index in [-0.39, 0.29) is 12.6 Å². The van der Waals surface area contributed by atoms with E-state index in [1.807, 2.05) is 0 Å². The molecule has 1 aliphatic rings. The second-order valence-electron chi connectivity index (χ2n) is 5.31. The fourth-order valence-corrected chi connectivity index (χ4v) is 2.07. The maximum Gasteiger partial charge on any atom is 0.336 e. The van der Waals surface area contributed by atoms with Crippen molar-refractivity contribution < 1.29 is 25.2 Å². The number of nitrogens with zero attached hydrogens (tertiary/aromatic N) is 3. The van der Waals surface area contributed by atoms with Crippen LogP contribution in [-0.2, 0) is 24.4 Å². The highest BCUT2D eigenvalue weighted by molar-refractivity contribution is 4.83. The van der Waals surface area contributed by atoms with Crippen LogP contribution in [0.5, 0.6) is 0 Å². The molecule has 0 spiro atoms. The molecule has 0 aromatic carbocycles. The lowest BCUT2D eigenvalue weighted by Gasteiger charge is -2.16. The van der Waals surface area contributed by atoms with Gasteiger partial charge in [-0.25, -0.2) is 28.1 Å². The van der Waals surface area contributed by atoms with E-state index in [1.165, 1.54) is 0 Å². The highest BCUT2D eigenvalue weighted by Gasteiger charge is 2.27. The molecule has 1 aromatic heterocycles. The Hall–Kier alpha value is -1.79. The smallest absolute Gasteiger partial charge is 0.336 e. The monoisotopic (exact) mass is 333 g/mol. The summed E-state index contributed by atoms with van der Waals surface area (Å²) in [6.07, 6.45) is -3.04. The molecule has 0 radical (unpaired) electrons. The highest BCUT2D eigenvalue weighted by atomic mass is 16.6. The van der Waals surface area contributed by atoms with Gasteiger partial charge in [-0.05, 0) is 0 Å². The Balaban J connectivity index is 2.55. The summed E-state index contributed by atoms with van der Waals surface area (Å²) < 4.78 is 6.95. The predicted octanol–water partition coefficient (Wildman–Crippen LogP) is -4.72. The van der Waals surface area contributed by atoms with Crippen molar-refractivity contribution in [2.24, 2.45) is 0 Å². The SMILES string of the molecule is O=c1n(CC(O)CO)c(=O)n(CC2CO2)c(=O)n1CC(O)CO. The van der Waals surface area contributed by atoms with Crippen LogP contribution in [0.15, 0.2) is 14.4 Å². The molecule has 0 aliphatic carbocycles. The third-order valence-corrected chi connectivity index (χ3v) is 3.38. The summed E-state index contributed by atoms with van der Waals surface area (Å²) in [4.78, 5) is 36.8. The summed E-state index contributed by atoms with van der Waals surface area (Å²) in [5.41, 5.74) is -2.90. The van der Waals surface area contributed by atoms with Crippen LogP contribution in [0, 0.1) is 0 Å². The van der Waals surface area contributed by atoms with Gasteiger partial charge in [-0.1, -0.05) is 0 Å². The predicted molar refractivity (Wildman–Crippen MR) is 75.1 cm³/mol. The van der Waals surface area contributed by atoms with Gasteiger partial charge in [-0.2, -0.15) is 0 Å². The molecule has 1 aliphatic heterocycles. The van der Waals surface area contributed by atoms with Crippen LogP contribution in [0.1, 0.15) is 0 Å². The largest absolute Gasteiger partial charge is 0.394 e. The second kappa shape index (κ2) is 7.19. The first-order valence-corrected chi connectivity index (χ1v) is 7.03. The molecule has 2 heterocycles. The number of hydrogen-bond acceptors (Lipinski definition) is 8. The number of aliphatic hydroxyl groups excluding tert-OH is 4. The van der Waals surface area contributed by atoms with E-state index in [4.69, 9.17) is 14.9 Å². The van der Waals surface area contributed by atoms with Crippen LogP contribution in [0.4, 0.5) is 0 Å². The molecule has 130 valence electrons. The minimum Gasteiger partial charge on any atom is -0.394 e. The van der Waals surface area contributed by atoms with Gasteiger partial charge in [0, 0.05) is 0 Å². The number of rotatable bonds is 8. The van der Waals surface area contributed by atoms with E-state index in [2.05, 4.69) is 0 Å². The van der Waals surface area contributed by atoms with E-state index < -0.39 is 55.6 Å². The fraction of sp³-hybridized carbons (Fsp3) is 0.750. The first kappa shape index (κ1) is 17.6. The average molecular weight is 333 g/mol. The van der Waals surface area contributed by atoms with Crippen molar-refractivity contribution in [3.63, 3.8) is 0 Å². The van der Waals surface area contributed by atoms with Crippen molar-refractivity contribution in [2.45, 2.75) is 37.9 Å². The van der Waals surface area contributed by atoms with Gasteiger partial charge >= 0.3 is 17.1 Å². The van der Waals surface area contributed by atoms with Crippen molar-refractivity contribution in [3.8, 4) is 0 Å². The molecular formula is C12H19N3O8. The molecule has 0 bridgehead atoms. The summed E-state index contributed by atoms with van der Waals surface area (Å²) in [7, 11) is 0. The maximum atomic E-state index is 12.3. The van der Waals surface area contributed by atoms with Gasteiger partial charge in [-0.15, -0.1) is 0 Å². The molecule has 23 heavy (non-hydrogen) atoms. The molecule has 1 saturated heterocycles. The first-order valence-electron chi connectivity index (χ1n) is 7.03. The van der Waals surface area contributed by atoms with Crippen molar-refractivity contribution in [2.75, 3.05) is 19.8 Å². The van der Waals surface area contributed by atoms with E-state index >= 15 is 0 Å². The minimum absolute atomic E-state index is 0.0671. The number of aromatic nitrogens is 3. The summed E-state index contributed by atoms with van der Waals surface area (Å²) in [6, 6.07) is 0. The molecule has 1 fully saturated rings. The minimum atomic E-state index is -1.36. The average Bonchev–Trinajstić information content (AvgIpc) is 3.35. The van der Waals surface area contributed by atoms with E-state index in [1.54, 1.807) is 0 Å². The third kappa shape index (κ3) is 3.95. The summed E-state index contributed by atoms with van der Waals surface area (Å²) in [5.74, 6) is 0. The fourth-order valence-electron chi connectivity index (χ4n) is 2.07. The number of epoxide rings is 1. The third-order valence-electron chi connectivity index (χ3n) is 3.38. The Bertz CT molecular complexity index is 666. The van der Waals surface area contributed by atoms with Gasteiger partial charge < -0.3 is 25.2 Å². The topological polar surface area (TPSA) is 159 Å². The molecule has 11 nitrogen and oxygen atoms in total. The molecule has 1 aromatic rings. The molecule has 4 N–H and O–H groups in total. The van der Waals surface area contributed by atoms with Gasteiger partial charge in [0.1, 0.15) is 0 Å². The van der Waals surface area contributed by atoms with Crippen molar-refractivity contribution in [3.05, 3.63) is 31.5 Å². The van der Waals surface area contributed by atoms with Gasteiger partial charge in [-0.3, -0.25) is 0 Å². The maximum absolute atomic E-state index is 12.3. The lowest BCUT2D eigenvalue weighted by atomic mass is 10.3. The first-order chi connectivity index (χ1) is 10.9. The Morgan fingerprint density at radius 2 is 1.30 bits per heavy atom. The zero-order valence-corrected chi connectivity index (χ0v) is 12.2. The number of ether oxygens (including phenoxy) is 1. The molecule has 3 atom stereocenters. The van der Waals surface area contributed by atoms with Crippen LogP contribution >= 0.6 is 0 Å². The standard InChI is InChI=1S/C12H19N3O8/c16-4-7(18)1-13-10(20)14(2-8(19)5-17)12(22)15(11(13)21)3-9-6-23-9/h7-9,16-19H,1-6H2. The van der Waals surface area contributed by atoms with Gasteiger partial charge in [0.25, 0.3) is 0 Å². The second-order valence-corrected chi connectivity index (χ2v) is 5.31. The lowest BCUT2D eigenvalue weighted by molar-refractivity contribution is 0.0708. The molecule has 0 saturated carbocycles. The van der Waals surface area contributed by atoms with E-state index in [0.717, 1.165) is 4.57 Å². The Morgan fingerprint density at radius 3 is 1.65 bits per heavy atom. The molecule has 3 unspecified atom stereocenters. The Labute approximate surface area is 129 Å². The van der Waals surface area contributed by atoms with E-state index in [9.17, 15) is 24.6 Å². The quantitative estimate of drug-likeness (QED) is 0.345. The van der Waals surface area contributed by atoms with Crippen LogP contribution in [0.25, 0.3) is 0 Å². The van der Waals surface area contributed by atoms with Crippen LogP contribution in [0.2, 0.25) is 0 Å². The molecule has 2 rings (SSSR count). The number of hydrogen-bond donors (Lipinski definition) is 4. The molecule has 0 amide bonds. The van der Waals surface area contributed by atoms with Crippen LogP contribution in [-0.4, -0.2) is 72.3 Å². The van der Waals surface area contributed by atoms with Gasteiger partial charge in [0.15, 0.2) is 0 Å². The Kier molecular flexibility index (Phi) is 5.49. The number of aliphatic hydroxyl groups is 4. The van der Waals surface area contributed by atoms with Crippen molar-refractivity contribution in [1.82, 2.24) is 13.7 Å². The normalized spacial score (nSPS) is 19.6. The molecule has 11 heteroatoms. The molecular weight excluding hydrogens is 314 g/mol. The summed E-state index contributed by atoms with van der Waals surface area (Å²) in [5, 5.41) is 36.7.